The fourth-order valence-corrected chi connectivity index (χ4v) is 2.47. The predicted molar refractivity (Wildman–Crippen MR) is 64.2 cm³/mol. The molecule has 3 nitrogen and oxygen atoms in total. The Hall–Kier alpha value is -0.120. The summed E-state index contributed by atoms with van der Waals surface area (Å²) in [5.41, 5.74) is 0. The highest BCUT2D eigenvalue weighted by Gasteiger charge is 2.27. The van der Waals surface area contributed by atoms with E-state index < -0.39 is 0 Å². The van der Waals surface area contributed by atoms with Gasteiger partial charge in [0.1, 0.15) is 0 Å². The summed E-state index contributed by atoms with van der Waals surface area (Å²) in [6.45, 7) is 11.2. The van der Waals surface area contributed by atoms with Gasteiger partial charge < -0.3 is 10.2 Å². The van der Waals surface area contributed by atoms with Gasteiger partial charge in [-0.3, -0.25) is 4.90 Å². The summed E-state index contributed by atoms with van der Waals surface area (Å²) < 4.78 is 0. The fourth-order valence-electron chi connectivity index (χ4n) is 2.47. The van der Waals surface area contributed by atoms with E-state index in [1.54, 1.807) is 0 Å². The molecule has 15 heavy (non-hydrogen) atoms. The first kappa shape index (κ1) is 11.4. The van der Waals surface area contributed by atoms with E-state index in [1.165, 1.54) is 65.1 Å². The number of nitrogens with zero attached hydrogens (tertiary/aromatic N) is 2. The first-order chi connectivity index (χ1) is 7.40. The van der Waals surface area contributed by atoms with Crippen molar-refractivity contribution >= 4 is 0 Å². The summed E-state index contributed by atoms with van der Waals surface area (Å²) in [6.07, 6.45) is 4.13. The molecule has 0 atom stereocenters. The van der Waals surface area contributed by atoms with E-state index in [4.69, 9.17) is 0 Å². The van der Waals surface area contributed by atoms with Crippen LogP contribution in [0.4, 0.5) is 0 Å². The summed E-state index contributed by atoms with van der Waals surface area (Å²) in [5, 5.41) is 3.36. The molecule has 0 unspecified atom stereocenters. The van der Waals surface area contributed by atoms with Crippen molar-refractivity contribution in [3.8, 4) is 0 Å². The second kappa shape index (κ2) is 5.83. The van der Waals surface area contributed by atoms with E-state index in [0.717, 1.165) is 6.04 Å². The minimum absolute atomic E-state index is 0.850. The molecule has 0 aliphatic carbocycles. The molecular formula is C12H25N3. The molecule has 0 aromatic heterocycles. The second-order valence-electron chi connectivity index (χ2n) is 4.90. The van der Waals surface area contributed by atoms with E-state index in [-0.39, 0.29) is 0 Å². The van der Waals surface area contributed by atoms with Crippen LogP contribution in [0.5, 0.6) is 0 Å². The zero-order valence-electron chi connectivity index (χ0n) is 10.0. The Labute approximate surface area is 93.8 Å². The smallest absolute Gasteiger partial charge is 0.0346 e. The maximum atomic E-state index is 3.36. The highest BCUT2D eigenvalue weighted by Crippen LogP contribution is 2.10. The van der Waals surface area contributed by atoms with Crippen molar-refractivity contribution < 1.29 is 0 Å². The highest BCUT2D eigenvalue weighted by atomic mass is 15.3. The highest BCUT2D eigenvalue weighted by molar-refractivity contribution is 4.87. The van der Waals surface area contributed by atoms with Gasteiger partial charge in [-0.2, -0.15) is 0 Å². The molecule has 2 aliphatic heterocycles. The predicted octanol–water partition coefficient (Wildman–Crippen LogP) is 0.766. The summed E-state index contributed by atoms with van der Waals surface area (Å²) in [5.74, 6) is 0. The number of unbranched alkanes of at least 4 members (excludes halogenated alkanes) is 2. The number of hydrogen-bond donors (Lipinski definition) is 1. The third kappa shape index (κ3) is 3.16. The van der Waals surface area contributed by atoms with Crippen LogP contribution < -0.4 is 5.32 Å². The Bertz CT molecular complexity index is 172. The molecule has 1 N–H and O–H groups in total. The van der Waals surface area contributed by atoms with E-state index in [9.17, 15) is 0 Å². The van der Waals surface area contributed by atoms with Crippen molar-refractivity contribution in [3.05, 3.63) is 0 Å². The lowest BCUT2D eigenvalue weighted by Gasteiger charge is -2.43. The van der Waals surface area contributed by atoms with Gasteiger partial charge in [0.15, 0.2) is 0 Å². The van der Waals surface area contributed by atoms with Gasteiger partial charge in [-0.05, 0) is 13.0 Å². The van der Waals surface area contributed by atoms with Gasteiger partial charge in [0.2, 0.25) is 0 Å². The first-order valence-electron chi connectivity index (χ1n) is 6.57. The Balaban J connectivity index is 1.59. The standard InChI is InChI=1S/C12H25N3/c1-2-3-4-5-14-6-8-15(9-7-14)12-10-13-11-12/h12-13H,2-11H2,1H3. The molecular weight excluding hydrogens is 186 g/mol. The van der Waals surface area contributed by atoms with Gasteiger partial charge in [0.25, 0.3) is 0 Å². The molecule has 2 heterocycles. The van der Waals surface area contributed by atoms with Crippen LogP contribution in [-0.2, 0) is 0 Å². The SMILES string of the molecule is CCCCCN1CCN(C2CNC2)CC1. The Morgan fingerprint density at radius 2 is 1.80 bits per heavy atom. The zero-order valence-corrected chi connectivity index (χ0v) is 10.0. The van der Waals surface area contributed by atoms with E-state index in [2.05, 4.69) is 22.0 Å². The summed E-state index contributed by atoms with van der Waals surface area (Å²) >= 11 is 0. The molecule has 0 spiro atoms. The van der Waals surface area contributed by atoms with Crippen LogP contribution in [0.15, 0.2) is 0 Å². The van der Waals surface area contributed by atoms with Crippen LogP contribution >= 0.6 is 0 Å². The van der Waals surface area contributed by atoms with Gasteiger partial charge in [-0.1, -0.05) is 19.8 Å². The quantitative estimate of drug-likeness (QED) is 0.678. The molecule has 0 aromatic rings. The minimum atomic E-state index is 0.850. The molecule has 2 rings (SSSR count). The molecule has 0 saturated carbocycles. The van der Waals surface area contributed by atoms with Crippen molar-refractivity contribution in [1.82, 2.24) is 15.1 Å². The van der Waals surface area contributed by atoms with Crippen LogP contribution in [0.25, 0.3) is 0 Å². The fraction of sp³-hybridized carbons (Fsp3) is 1.00. The van der Waals surface area contributed by atoms with Crippen molar-refractivity contribution in [1.29, 1.82) is 0 Å². The average Bonchev–Trinajstić information content (AvgIpc) is 2.18. The number of piperazine rings is 1. The van der Waals surface area contributed by atoms with Gasteiger partial charge in [-0.15, -0.1) is 0 Å². The monoisotopic (exact) mass is 211 g/mol. The largest absolute Gasteiger partial charge is 0.314 e. The van der Waals surface area contributed by atoms with Crippen molar-refractivity contribution in [3.63, 3.8) is 0 Å². The van der Waals surface area contributed by atoms with Crippen LogP contribution in [0.1, 0.15) is 26.2 Å². The summed E-state index contributed by atoms with van der Waals surface area (Å²) in [4.78, 5) is 5.30. The molecule has 2 saturated heterocycles. The molecule has 2 fully saturated rings. The second-order valence-corrected chi connectivity index (χ2v) is 4.90. The van der Waals surface area contributed by atoms with Gasteiger partial charge in [0.05, 0.1) is 0 Å². The van der Waals surface area contributed by atoms with Crippen LogP contribution in [0, 0.1) is 0 Å². The van der Waals surface area contributed by atoms with Crippen LogP contribution in [0.3, 0.4) is 0 Å². The lowest BCUT2D eigenvalue weighted by atomic mass is 10.1. The van der Waals surface area contributed by atoms with Crippen LogP contribution in [0.2, 0.25) is 0 Å². The normalized spacial score (nSPS) is 25.4. The number of nitrogens with one attached hydrogen (secondary N) is 1. The van der Waals surface area contributed by atoms with E-state index in [1.807, 2.05) is 0 Å². The number of rotatable bonds is 5. The van der Waals surface area contributed by atoms with E-state index >= 15 is 0 Å². The molecule has 3 heteroatoms. The van der Waals surface area contributed by atoms with Crippen LogP contribution in [-0.4, -0.2) is 61.7 Å². The third-order valence-corrected chi connectivity index (χ3v) is 3.76. The molecule has 0 amide bonds. The van der Waals surface area contributed by atoms with Gasteiger partial charge >= 0.3 is 0 Å². The van der Waals surface area contributed by atoms with Crippen molar-refractivity contribution in [2.75, 3.05) is 45.8 Å². The van der Waals surface area contributed by atoms with Crippen molar-refractivity contribution in [2.24, 2.45) is 0 Å². The lowest BCUT2D eigenvalue weighted by molar-refractivity contribution is 0.0721. The molecule has 2 aliphatic rings. The molecule has 88 valence electrons. The van der Waals surface area contributed by atoms with Gasteiger partial charge in [0, 0.05) is 45.3 Å². The first-order valence-corrected chi connectivity index (χ1v) is 6.57. The van der Waals surface area contributed by atoms with E-state index in [0.29, 0.717) is 0 Å². The maximum absolute atomic E-state index is 3.36. The molecule has 0 aromatic carbocycles. The molecule has 0 bridgehead atoms. The molecule has 0 radical (unpaired) electrons. The van der Waals surface area contributed by atoms with Gasteiger partial charge in [-0.25, -0.2) is 0 Å². The third-order valence-electron chi connectivity index (χ3n) is 3.76. The Morgan fingerprint density at radius 3 is 2.33 bits per heavy atom. The number of hydrogen-bond acceptors (Lipinski definition) is 3. The average molecular weight is 211 g/mol. The summed E-state index contributed by atoms with van der Waals surface area (Å²) in [7, 11) is 0. The Kier molecular flexibility index (Phi) is 4.42. The maximum Gasteiger partial charge on any atom is 0.0346 e. The Morgan fingerprint density at radius 1 is 1.07 bits per heavy atom. The topological polar surface area (TPSA) is 18.5 Å². The van der Waals surface area contributed by atoms with Crippen molar-refractivity contribution in [2.45, 2.75) is 32.2 Å². The summed E-state index contributed by atoms with van der Waals surface area (Å²) in [6, 6.07) is 0.850. The zero-order chi connectivity index (χ0) is 10.5. The lowest BCUT2D eigenvalue weighted by Crippen LogP contribution is -2.61. The minimum Gasteiger partial charge on any atom is -0.314 e.